The van der Waals surface area contributed by atoms with Crippen molar-refractivity contribution in [1.29, 1.82) is 0 Å². The number of carbonyl (C=O) groups is 3. The van der Waals surface area contributed by atoms with Gasteiger partial charge in [-0.25, -0.2) is 4.79 Å². The quantitative estimate of drug-likeness (QED) is 0.551. The lowest BCUT2D eigenvalue weighted by atomic mass is 10.0. The van der Waals surface area contributed by atoms with E-state index in [9.17, 15) is 14.4 Å². The van der Waals surface area contributed by atoms with Crippen LogP contribution in [0.3, 0.4) is 0 Å². The van der Waals surface area contributed by atoms with Crippen molar-refractivity contribution in [2.75, 3.05) is 7.11 Å². The van der Waals surface area contributed by atoms with E-state index in [4.69, 9.17) is 4.74 Å². The molecule has 0 aromatic heterocycles. The molecule has 0 unspecified atom stereocenters. The Hall–Kier alpha value is -3.67. The average Bonchev–Trinajstić information content (AvgIpc) is 2.78. The van der Waals surface area contributed by atoms with E-state index in [-0.39, 0.29) is 12.3 Å². The van der Waals surface area contributed by atoms with E-state index in [2.05, 4.69) is 10.6 Å². The highest BCUT2D eigenvalue weighted by Gasteiger charge is 2.27. The molecule has 6 nitrogen and oxygen atoms in total. The lowest BCUT2D eigenvalue weighted by Gasteiger charge is -2.22. The molecule has 0 fully saturated rings. The highest BCUT2D eigenvalue weighted by Crippen LogP contribution is 2.17. The van der Waals surface area contributed by atoms with Crippen molar-refractivity contribution in [3.63, 3.8) is 0 Å². The number of benzene rings is 3. The van der Waals surface area contributed by atoms with E-state index in [0.717, 1.165) is 21.9 Å². The fourth-order valence-corrected chi connectivity index (χ4v) is 3.51. The first kappa shape index (κ1) is 22.0. The van der Waals surface area contributed by atoms with E-state index in [0.29, 0.717) is 6.42 Å². The van der Waals surface area contributed by atoms with Crippen LogP contribution in [0.2, 0.25) is 0 Å². The van der Waals surface area contributed by atoms with Crippen LogP contribution in [0.4, 0.5) is 0 Å². The summed E-state index contributed by atoms with van der Waals surface area (Å²) in [5, 5.41) is 7.58. The molecule has 3 rings (SSSR count). The van der Waals surface area contributed by atoms with E-state index in [1.54, 1.807) is 0 Å². The lowest BCUT2D eigenvalue weighted by molar-refractivity contribution is -0.145. The number of carbonyl (C=O) groups excluding carboxylic acids is 3. The third kappa shape index (κ3) is 6.15. The topological polar surface area (TPSA) is 84.5 Å². The largest absolute Gasteiger partial charge is 0.467 e. The predicted molar refractivity (Wildman–Crippen MR) is 119 cm³/mol. The standard InChI is InChI=1S/C25H26N2O4/c1-17(28)26-22(15-18-8-4-3-5-9-18)24(29)27-23(25(30)31-2)16-19-12-13-20-10-6-7-11-21(20)14-19/h3-14,22-23H,15-16H2,1-2H3,(H,26,28)(H,27,29)/t22-,23+/m0/s1. The van der Waals surface area contributed by atoms with Crippen molar-refractivity contribution < 1.29 is 19.1 Å². The number of hydrogen-bond acceptors (Lipinski definition) is 4. The van der Waals surface area contributed by atoms with Gasteiger partial charge in [-0.3, -0.25) is 9.59 Å². The van der Waals surface area contributed by atoms with Crippen LogP contribution in [0.1, 0.15) is 18.1 Å². The molecule has 2 N–H and O–H groups in total. The van der Waals surface area contributed by atoms with Gasteiger partial charge in [0.05, 0.1) is 7.11 Å². The first-order chi connectivity index (χ1) is 15.0. The highest BCUT2D eigenvalue weighted by molar-refractivity contribution is 5.91. The summed E-state index contributed by atoms with van der Waals surface area (Å²) < 4.78 is 4.91. The van der Waals surface area contributed by atoms with Crippen molar-refractivity contribution in [2.24, 2.45) is 0 Å². The predicted octanol–water partition coefficient (Wildman–Crippen LogP) is 2.79. The number of methoxy groups -OCH3 is 1. The van der Waals surface area contributed by atoms with Crippen molar-refractivity contribution >= 4 is 28.6 Å². The Balaban J connectivity index is 1.77. The molecule has 0 radical (unpaired) electrons. The van der Waals surface area contributed by atoms with E-state index in [1.807, 2.05) is 72.8 Å². The van der Waals surface area contributed by atoms with Gasteiger partial charge >= 0.3 is 5.97 Å². The zero-order valence-electron chi connectivity index (χ0n) is 17.6. The van der Waals surface area contributed by atoms with Gasteiger partial charge in [-0.15, -0.1) is 0 Å². The molecule has 2 atom stereocenters. The number of ether oxygens (including phenoxy) is 1. The SMILES string of the molecule is COC(=O)[C@@H](Cc1ccc2ccccc2c1)NC(=O)[C@H](Cc1ccccc1)NC(C)=O. The fourth-order valence-electron chi connectivity index (χ4n) is 3.51. The van der Waals surface area contributed by atoms with Crippen LogP contribution in [0, 0.1) is 0 Å². The molecule has 6 heteroatoms. The molecule has 0 aliphatic heterocycles. The van der Waals surface area contributed by atoms with Crippen LogP contribution in [-0.2, 0) is 32.0 Å². The Morgan fingerprint density at radius 3 is 2.10 bits per heavy atom. The average molecular weight is 418 g/mol. The van der Waals surface area contributed by atoms with E-state index < -0.39 is 24.0 Å². The summed E-state index contributed by atoms with van der Waals surface area (Å²) in [6, 6.07) is 21.6. The Labute approximate surface area is 181 Å². The molecule has 0 heterocycles. The number of hydrogen-bond donors (Lipinski definition) is 2. The molecule has 0 aliphatic carbocycles. The Morgan fingerprint density at radius 2 is 1.42 bits per heavy atom. The smallest absolute Gasteiger partial charge is 0.328 e. The fraction of sp³-hybridized carbons (Fsp3) is 0.240. The van der Waals surface area contributed by atoms with Crippen molar-refractivity contribution in [3.8, 4) is 0 Å². The summed E-state index contributed by atoms with van der Waals surface area (Å²) in [5.74, 6) is -1.29. The normalized spacial score (nSPS) is 12.6. The third-order valence-corrected chi connectivity index (χ3v) is 5.03. The Kier molecular flexibility index (Phi) is 7.38. The van der Waals surface area contributed by atoms with Crippen molar-refractivity contribution in [3.05, 3.63) is 83.9 Å². The summed E-state index contributed by atoms with van der Waals surface area (Å²) in [5.41, 5.74) is 1.80. The maximum atomic E-state index is 13.0. The molecule has 0 bridgehead atoms. The van der Waals surface area contributed by atoms with Crippen LogP contribution < -0.4 is 10.6 Å². The second-order valence-electron chi connectivity index (χ2n) is 7.41. The monoisotopic (exact) mass is 418 g/mol. The van der Waals surface area contributed by atoms with Gasteiger partial charge < -0.3 is 15.4 Å². The molecule has 31 heavy (non-hydrogen) atoms. The summed E-state index contributed by atoms with van der Waals surface area (Å²) >= 11 is 0. The van der Waals surface area contributed by atoms with Crippen LogP contribution >= 0.6 is 0 Å². The van der Waals surface area contributed by atoms with E-state index in [1.165, 1.54) is 14.0 Å². The maximum absolute atomic E-state index is 13.0. The Bertz CT molecular complexity index is 1070. The molecule has 3 aromatic rings. The number of nitrogens with one attached hydrogen (secondary N) is 2. The van der Waals surface area contributed by atoms with Gasteiger partial charge in [0.1, 0.15) is 12.1 Å². The zero-order valence-corrected chi connectivity index (χ0v) is 17.6. The molecule has 2 amide bonds. The molecule has 0 saturated heterocycles. The van der Waals surface area contributed by atoms with Crippen molar-refractivity contribution in [1.82, 2.24) is 10.6 Å². The van der Waals surface area contributed by atoms with Gasteiger partial charge in [-0.2, -0.15) is 0 Å². The summed E-state index contributed by atoms with van der Waals surface area (Å²) in [6.07, 6.45) is 0.595. The minimum atomic E-state index is -0.870. The van der Waals surface area contributed by atoms with Gasteiger partial charge in [0, 0.05) is 19.8 Å². The minimum Gasteiger partial charge on any atom is -0.467 e. The molecule has 0 spiro atoms. The highest BCUT2D eigenvalue weighted by atomic mass is 16.5. The number of rotatable bonds is 8. The second kappa shape index (κ2) is 10.4. The van der Waals surface area contributed by atoms with E-state index >= 15 is 0 Å². The van der Waals surface area contributed by atoms with Crippen LogP contribution in [0.5, 0.6) is 0 Å². The summed E-state index contributed by atoms with van der Waals surface area (Å²) in [6.45, 7) is 1.36. The number of esters is 1. The van der Waals surface area contributed by atoms with Gasteiger partial charge in [0.2, 0.25) is 11.8 Å². The minimum absolute atomic E-state index is 0.279. The number of amides is 2. The van der Waals surface area contributed by atoms with Gasteiger partial charge in [-0.1, -0.05) is 72.8 Å². The third-order valence-electron chi connectivity index (χ3n) is 5.03. The molecule has 160 valence electrons. The lowest BCUT2D eigenvalue weighted by Crippen LogP contribution is -2.53. The molecular weight excluding hydrogens is 392 g/mol. The van der Waals surface area contributed by atoms with Crippen LogP contribution in [0.25, 0.3) is 10.8 Å². The molecule has 0 saturated carbocycles. The van der Waals surface area contributed by atoms with Crippen LogP contribution in [-0.4, -0.2) is 37.0 Å². The van der Waals surface area contributed by atoms with Gasteiger partial charge in [0.15, 0.2) is 0 Å². The molecule has 0 aliphatic rings. The summed E-state index contributed by atoms with van der Waals surface area (Å²) in [7, 11) is 1.29. The first-order valence-corrected chi connectivity index (χ1v) is 10.1. The molecule has 3 aromatic carbocycles. The first-order valence-electron chi connectivity index (χ1n) is 10.1. The Morgan fingerprint density at radius 1 is 0.774 bits per heavy atom. The maximum Gasteiger partial charge on any atom is 0.328 e. The summed E-state index contributed by atoms with van der Waals surface area (Å²) in [4.78, 5) is 37.0. The van der Waals surface area contributed by atoms with Crippen LogP contribution in [0.15, 0.2) is 72.8 Å². The zero-order chi connectivity index (χ0) is 22.2. The second-order valence-corrected chi connectivity index (χ2v) is 7.41. The number of fused-ring (bicyclic) bond motifs is 1. The molecular formula is C25H26N2O4. The van der Waals surface area contributed by atoms with Gasteiger partial charge in [0.25, 0.3) is 0 Å². The van der Waals surface area contributed by atoms with Gasteiger partial charge in [-0.05, 0) is 21.9 Å². The van der Waals surface area contributed by atoms with Crippen molar-refractivity contribution in [2.45, 2.75) is 31.8 Å².